The Morgan fingerprint density at radius 1 is 1.12 bits per heavy atom. The highest BCUT2D eigenvalue weighted by Gasteiger charge is 2.12. The lowest BCUT2D eigenvalue weighted by Gasteiger charge is -2.18. The molecule has 1 amide bonds. The first-order chi connectivity index (χ1) is 11.4. The number of hydrogen-bond donors (Lipinski definition) is 2. The van der Waals surface area contributed by atoms with Gasteiger partial charge in [-0.2, -0.15) is 5.10 Å². The average Bonchev–Trinajstić information content (AvgIpc) is 2.54. The van der Waals surface area contributed by atoms with Gasteiger partial charge in [-0.1, -0.05) is 57.2 Å². The van der Waals surface area contributed by atoms with Crippen LogP contribution in [0.2, 0.25) is 0 Å². The third-order valence-corrected chi connectivity index (χ3v) is 3.49. The van der Waals surface area contributed by atoms with Gasteiger partial charge >= 0.3 is 0 Å². The number of nitrogens with zero attached hydrogens (tertiary/aromatic N) is 1. The van der Waals surface area contributed by atoms with Gasteiger partial charge < -0.3 is 5.32 Å². The van der Waals surface area contributed by atoms with Crippen LogP contribution in [0.4, 0.5) is 10.1 Å². The van der Waals surface area contributed by atoms with Crippen molar-refractivity contribution < 1.29 is 9.18 Å². The number of benzene rings is 2. The molecular weight excluding hydrogens is 305 g/mol. The number of anilines is 1. The third-order valence-electron chi connectivity index (χ3n) is 3.49. The van der Waals surface area contributed by atoms with Gasteiger partial charge in [0.25, 0.3) is 5.91 Å². The zero-order valence-corrected chi connectivity index (χ0v) is 14.1. The van der Waals surface area contributed by atoms with Gasteiger partial charge in [-0.25, -0.2) is 9.82 Å². The summed E-state index contributed by atoms with van der Waals surface area (Å²) in [4.78, 5) is 11.7. The fourth-order valence-electron chi connectivity index (χ4n) is 2.07. The van der Waals surface area contributed by atoms with Gasteiger partial charge in [0.15, 0.2) is 0 Å². The molecule has 24 heavy (non-hydrogen) atoms. The lowest BCUT2D eigenvalue weighted by Crippen LogP contribution is -2.26. The molecule has 0 aliphatic heterocycles. The van der Waals surface area contributed by atoms with Crippen molar-refractivity contribution in [2.75, 3.05) is 11.9 Å². The molecule has 4 nitrogen and oxygen atoms in total. The van der Waals surface area contributed by atoms with Crippen molar-refractivity contribution in [2.24, 2.45) is 5.10 Å². The minimum atomic E-state index is -0.396. The Labute approximate surface area is 141 Å². The molecule has 5 heteroatoms. The van der Waals surface area contributed by atoms with Crippen LogP contribution in [0.25, 0.3) is 0 Å². The normalized spacial score (nSPS) is 11.5. The van der Waals surface area contributed by atoms with Crippen molar-refractivity contribution in [3.8, 4) is 0 Å². The molecule has 0 unspecified atom stereocenters. The topological polar surface area (TPSA) is 53.5 Å². The van der Waals surface area contributed by atoms with Crippen LogP contribution >= 0.6 is 0 Å². The summed E-state index contributed by atoms with van der Waals surface area (Å²) < 4.78 is 13.4. The monoisotopic (exact) mass is 327 g/mol. The highest BCUT2D eigenvalue weighted by molar-refractivity contribution is 5.84. The van der Waals surface area contributed by atoms with Gasteiger partial charge in [-0.15, -0.1) is 0 Å². The number of nitrogens with one attached hydrogen (secondary N) is 2. The van der Waals surface area contributed by atoms with Gasteiger partial charge in [-0.05, 0) is 28.7 Å². The lowest BCUT2D eigenvalue weighted by molar-refractivity contribution is -0.119. The minimum absolute atomic E-state index is 0.0543. The smallest absolute Gasteiger partial charge is 0.259 e. The van der Waals surface area contributed by atoms with E-state index in [1.807, 2.05) is 24.3 Å². The van der Waals surface area contributed by atoms with Gasteiger partial charge in [0, 0.05) is 0 Å². The molecule has 0 aromatic heterocycles. The number of carbonyl (C=O) groups is 1. The van der Waals surface area contributed by atoms with Gasteiger partial charge in [0.1, 0.15) is 5.82 Å². The van der Waals surface area contributed by atoms with Crippen molar-refractivity contribution >= 4 is 17.8 Å². The summed E-state index contributed by atoms with van der Waals surface area (Å²) in [5.74, 6) is -0.742. The Kier molecular flexibility index (Phi) is 5.68. The number of amides is 1. The van der Waals surface area contributed by atoms with Crippen LogP contribution in [0.3, 0.4) is 0 Å². The first-order valence-electron chi connectivity index (χ1n) is 7.77. The van der Waals surface area contributed by atoms with Crippen LogP contribution in [-0.4, -0.2) is 18.7 Å². The van der Waals surface area contributed by atoms with E-state index in [1.165, 1.54) is 11.6 Å². The highest BCUT2D eigenvalue weighted by atomic mass is 19.1. The SMILES string of the molecule is CC(C)(C)c1ccc(/C=N\NC(=O)CNc2ccccc2F)cc1. The zero-order chi connectivity index (χ0) is 17.6. The maximum atomic E-state index is 13.4. The van der Waals surface area contributed by atoms with E-state index in [-0.39, 0.29) is 23.6 Å². The number of carbonyl (C=O) groups excluding carboxylic acids is 1. The molecule has 0 atom stereocenters. The summed E-state index contributed by atoms with van der Waals surface area (Å²) in [6.45, 7) is 6.40. The van der Waals surface area contributed by atoms with E-state index in [0.29, 0.717) is 0 Å². The minimum Gasteiger partial charge on any atom is -0.374 e. The predicted molar refractivity (Wildman–Crippen MR) is 95.8 cm³/mol. The molecule has 126 valence electrons. The number of rotatable bonds is 5. The Balaban J connectivity index is 1.83. The van der Waals surface area contributed by atoms with Crippen molar-refractivity contribution in [3.05, 3.63) is 65.5 Å². The summed E-state index contributed by atoms with van der Waals surface area (Å²) in [6, 6.07) is 14.2. The fraction of sp³-hybridized carbons (Fsp3) is 0.263. The average molecular weight is 327 g/mol. The second kappa shape index (κ2) is 7.73. The van der Waals surface area contributed by atoms with E-state index < -0.39 is 5.82 Å². The van der Waals surface area contributed by atoms with Crippen molar-refractivity contribution in [1.29, 1.82) is 0 Å². The quantitative estimate of drug-likeness (QED) is 0.650. The molecule has 2 rings (SSSR count). The van der Waals surface area contributed by atoms with Crippen LogP contribution in [0.5, 0.6) is 0 Å². The second-order valence-electron chi connectivity index (χ2n) is 6.50. The Bertz CT molecular complexity index is 718. The number of halogens is 1. The van der Waals surface area contributed by atoms with Crippen molar-refractivity contribution in [1.82, 2.24) is 5.43 Å². The molecule has 0 fully saturated rings. The summed E-state index contributed by atoms with van der Waals surface area (Å²) in [5, 5.41) is 6.63. The first kappa shape index (κ1) is 17.7. The highest BCUT2D eigenvalue weighted by Crippen LogP contribution is 2.21. The molecule has 0 bridgehead atoms. The predicted octanol–water partition coefficient (Wildman–Crippen LogP) is 3.69. The number of hydrogen-bond acceptors (Lipinski definition) is 3. The molecule has 0 radical (unpaired) electrons. The lowest BCUT2D eigenvalue weighted by atomic mass is 9.87. The molecule has 0 saturated carbocycles. The van der Waals surface area contributed by atoms with E-state index in [2.05, 4.69) is 36.6 Å². The maximum Gasteiger partial charge on any atom is 0.259 e. The van der Waals surface area contributed by atoms with E-state index >= 15 is 0 Å². The molecule has 0 aliphatic carbocycles. The zero-order valence-electron chi connectivity index (χ0n) is 14.1. The van der Waals surface area contributed by atoms with Crippen LogP contribution in [0, 0.1) is 5.82 Å². The van der Waals surface area contributed by atoms with E-state index in [0.717, 1.165) is 5.56 Å². The van der Waals surface area contributed by atoms with Crippen molar-refractivity contribution in [3.63, 3.8) is 0 Å². The molecular formula is C19H22FN3O. The molecule has 0 heterocycles. The summed E-state index contributed by atoms with van der Waals surface area (Å²) in [5.41, 5.74) is 4.93. The van der Waals surface area contributed by atoms with E-state index in [4.69, 9.17) is 0 Å². The Hall–Kier alpha value is -2.69. The largest absolute Gasteiger partial charge is 0.374 e. The van der Waals surface area contributed by atoms with Gasteiger partial charge in [0.05, 0.1) is 18.4 Å². The Morgan fingerprint density at radius 2 is 1.79 bits per heavy atom. The molecule has 2 aromatic carbocycles. The van der Waals surface area contributed by atoms with Gasteiger partial charge in [-0.3, -0.25) is 4.79 Å². The maximum absolute atomic E-state index is 13.4. The molecule has 0 aliphatic rings. The molecule has 2 N–H and O–H groups in total. The van der Waals surface area contributed by atoms with Crippen LogP contribution in [-0.2, 0) is 10.2 Å². The summed E-state index contributed by atoms with van der Waals surface area (Å²) in [6.07, 6.45) is 1.58. The van der Waals surface area contributed by atoms with E-state index in [9.17, 15) is 9.18 Å². The molecule has 0 spiro atoms. The number of para-hydroxylation sites is 1. The van der Waals surface area contributed by atoms with E-state index in [1.54, 1.807) is 24.4 Å². The second-order valence-corrected chi connectivity index (χ2v) is 6.50. The van der Waals surface area contributed by atoms with Gasteiger partial charge in [0.2, 0.25) is 0 Å². The molecule has 2 aromatic rings. The standard InChI is InChI=1S/C19H22FN3O/c1-19(2,3)15-10-8-14(9-11-15)12-22-23-18(24)13-21-17-7-5-4-6-16(17)20/h4-12,21H,13H2,1-3H3,(H,23,24)/b22-12-. The first-order valence-corrected chi connectivity index (χ1v) is 7.77. The summed E-state index contributed by atoms with van der Waals surface area (Å²) >= 11 is 0. The fourth-order valence-corrected chi connectivity index (χ4v) is 2.07. The third kappa shape index (κ3) is 5.19. The van der Waals surface area contributed by atoms with Crippen LogP contribution in [0.1, 0.15) is 31.9 Å². The number of hydrazone groups is 1. The van der Waals surface area contributed by atoms with Crippen LogP contribution in [0.15, 0.2) is 53.6 Å². The summed E-state index contributed by atoms with van der Waals surface area (Å²) in [7, 11) is 0. The Morgan fingerprint density at radius 3 is 2.42 bits per heavy atom. The van der Waals surface area contributed by atoms with Crippen LogP contribution < -0.4 is 10.7 Å². The van der Waals surface area contributed by atoms with Crippen molar-refractivity contribution in [2.45, 2.75) is 26.2 Å². The molecule has 0 saturated heterocycles.